The van der Waals surface area contributed by atoms with Gasteiger partial charge in [-0.15, -0.1) is 0 Å². The Kier molecular flexibility index (Phi) is 9.29. The predicted octanol–water partition coefficient (Wildman–Crippen LogP) is 6.37. The first-order valence-corrected chi connectivity index (χ1v) is 15.2. The Balaban J connectivity index is 1.31. The first-order chi connectivity index (χ1) is 20.2. The van der Waals surface area contributed by atoms with Crippen LogP contribution in [0, 0.1) is 6.92 Å². The van der Waals surface area contributed by atoms with Crippen LogP contribution in [0.5, 0.6) is 0 Å². The van der Waals surface area contributed by atoms with Crippen molar-refractivity contribution in [2.24, 2.45) is 0 Å². The van der Waals surface area contributed by atoms with E-state index in [0.29, 0.717) is 21.8 Å². The number of piperazine rings is 1. The molecule has 8 heteroatoms. The average molecular weight is 587 g/mol. The van der Waals surface area contributed by atoms with Crippen LogP contribution < -0.4 is 10.2 Å². The summed E-state index contributed by atoms with van der Waals surface area (Å²) in [7, 11) is 0. The normalized spacial score (nSPS) is 19.1. The summed E-state index contributed by atoms with van der Waals surface area (Å²) in [6, 6.07) is 20.5. The fourth-order valence-electron chi connectivity index (χ4n) is 6.13. The largest absolute Gasteiger partial charge is 0.340 e. The first kappa shape index (κ1) is 29.8. The van der Waals surface area contributed by atoms with Gasteiger partial charge in [-0.2, -0.15) is 0 Å². The van der Waals surface area contributed by atoms with Gasteiger partial charge in [0.05, 0.1) is 0 Å². The van der Waals surface area contributed by atoms with Crippen LogP contribution in [-0.4, -0.2) is 66.3 Å². The Bertz CT molecular complexity index is 1450. The van der Waals surface area contributed by atoms with Gasteiger partial charge >= 0.3 is 0 Å². The third kappa shape index (κ3) is 6.69. The lowest BCUT2D eigenvalue weighted by Gasteiger charge is -2.35. The Labute approximate surface area is 253 Å². The summed E-state index contributed by atoms with van der Waals surface area (Å²) in [4.78, 5) is 44.7. The topological polar surface area (TPSA) is 73.0 Å². The molecule has 0 saturated carbocycles. The fourth-order valence-corrected chi connectivity index (χ4v) is 6.31. The minimum absolute atomic E-state index is 0.0157. The van der Waals surface area contributed by atoms with Crippen LogP contribution in [-0.2, 0) is 4.79 Å². The van der Waals surface area contributed by atoms with E-state index in [1.54, 1.807) is 37.3 Å². The number of carbonyl (C=O) groups excluding carboxylic acids is 3. The van der Waals surface area contributed by atoms with Gasteiger partial charge in [0, 0.05) is 66.7 Å². The summed E-state index contributed by atoms with van der Waals surface area (Å²) in [6.45, 7) is 9.91. The number of fused-ring (bicyclic) bond motifs is 1. The van der Waals surface area contributed by atoms with Gasteiger partial charge < -0.3 is 15.1 Å². The third-order valence-electron chi connectivity index (χ3n) is 8.67. The molecule has 1 fully saturated rings. The van der Waals surface area contributed by atoms with Crippen molar-refractivity contribution in [3.8, 4) is 0 Å². The summed E-state index contributed by atoms with van der Waals surface area (Å²) < 4.78 is 0. The fraction of sp³-hybridized carbons (Fsp3) is 0.382. The Morgan fingerprint density at radius 3 is 2.33 bits per heavy atom. The molecule has 0 spiro atoms. The molecule has 2 aliphatic rings. The zero-order chi connectivity index (χ0) is 29.8. The van der Waals surface area contributed by atoms with E-state index in [0.717, 1.165) is 68.8 Å². The van der Waals surface area contributed by atoms with Crippen LogP contribution in [0.1, 0.15) is 70.9 Å². The number of anilines is 2. The lowest BCUT2D eigenvalue weighted by molar-refractivity contribution is -0.130. The second-order valence-electron chi connectivity index (χ2n) is 11.5. The highest BCUT2D eigenvalue weighted by atomic mass is 35.5. The van der Waals surface area contributed by atoms with Crippen molar-refractivity contribution in [2.45, 2.75) is 52.0 Å². The maximum atomic E-state index is 14.0. The Morgan fingerprint density at radius 1 is 0.929 bits per heavy atom. The van der Waals surface area contributed by atoms with E-state index in [-0.39, 0.29) is 29.7 Å². The Morgan fingerprint density at radius 2 is 1.64 bits per heavy atom. The SMILES string of the molecule is CC(=O)N1CCN(CCC2CCC(C)N(C(=O)c3ccc(NC(=O)c4ccccc4C)cc3)c3ccc(Cl)cc32)CC1. The number of nitrogens with zero attached hydrogens (tertiary/aromatic N) is 3. The standard InChI is InChI=1S/C34H39ClN4O3/c1-23-6-4-5-7-30(23)33(41)36-29-13-10-27(11-14-29)34(42)39-24(2)8-9-26(31-22-28(35)12-15-32(31)39)16-17-37-18-20-38(21-19-37)25(3)40/h4-7,10-15,22,24,26H,8-9,16-21H2,1-3H3,(H,36,41). The van der Waals surface area contributed by atoms with E-state index in [2.05, 4.69) is 17.1 Å². The lowest BCUT2D eigenvalue weighted by atomic mass is 9.90. The van der Waals surface area contributed by atoms with Gasteiger partial charge in [0.2, 0.25) is 5.91 Å². The van der Waals surface area contributed by atoms with Crippen LogP contribution in [0.3, 0.4) is 0 Å². The Hall–Kier alpha value is -3.68. The molecule has 220 valence electrons. The second kappa shape index (κ2) is 13.1. The minimum atomic E-state index is -0.175. The van der Waals surface area contributed by atoms with Crippen LogP contribution >= 0.6 is 11.6 Å². The smallest absolute Gasteiger partial charge is 0.258 e. The number of hydrogen-bond donors (Lipinski definition) is 1. The third-order valence-corrected chi connectivity index (χ3v) is 8.91. The molecular formula is C34H39ClN4O3. The molecule has 1 saturated heterocycles. The van der Waals surface area contributed by atoms with Gasteiger partial charge in [-0.05, 0) is 105 Å². The van der Waals surface area contributed by atoms with Gasteiger partial charge in [-0.1, -0.05) is 29.8 Å². The number of carbonyl (C=O) groups is 3. The predicted molar refractivity (Wildman–Crippen MR) is 169 cm³/mol. The highest BCUT2D eigenvalue weighted by molar-refractivity contribution is 6.30. The van der Waals surface area contributed by atoms with E-state index in [1.807, 2.05) is 53.1 Å². The van der Waals surface area contributed by atoms with Crippen molar-refractivity contribution >= 4 is 40.7 Å². The molecule has 42 heavy (non-hydrogen) atoms. The summed E-state index contributed by atoms with van der Waals surface area (Å²) in [5, 5.41) is 3.61. The second-order valence-corrected chi connectivity index (χ2v) is 11.9. The van der Waals surface area contributed by atoms with Crippen molar-refractivity contribution < 1.29 is 14.4 Å². The number of rotatable bonds is 6. The molecule has 2 unspecified atom stereocenters. The lowest BCUT2D eigenvalue weighted by Crippen LogP contribution is -2.48. The van der Waals surface area contributed by atoms with Crippen molar-refractivity contribution in [3.05, 3.63) is 94.0 Å². The summed E-state index contributed by atoms with van der Waals surface area (Å²) in [6.07, 6.45) is 2.82. The molecule has 2 heterocycles. The molecule has 2 aliphatic heterocycles. The van der Waals surface area contributed by atoms with E-state index in [1.165, 1.54) is 0 Å². The number of hydrogen-bond acceptors (Lipinski definition) is 4. The molecule has 3 aromatic rings. The molecule has 0 aromatic heterocycles. The zero-order valence-corrected chi connectivity index (χ0v) is 25.4. The molecule has 2 atom stereocenters. The molecule has 0 aliphatic carbocycles. The number of amides is 3. The number of nitrogens with one attached hydrogen (secondary N) is 1. The number of benzene rings is 3. The first-order valence-electron chi connectivity index (χ1n) is 14.8. The molecular weight excluding hydrogens is 548 g/mol. The van der Waals surface area contributed by atoms with Crippen molar-refractivity contribution in [3.63, 3.8) is 0 Å². The van der Waals surface area contributed by atoms with Gasteiger partial charge in [-0.25, -0.2) is 0 Å². The number of halogens is 1. The molecule has 0 bridgehead atoms. The number of aryl methyl sites for hydroxylation is 1. The maximum absolute atomic E-state index is 14.0. The molecule has 5 rings (SSSR count). The highest BCUT2D eigenvalue weighted by Crippen LogP contribution is 2.41. The summed E-state index contributed by atoms with van der Waals surface area (Å²) in [5.74, 6) is 0.181. The molecule has 3 aromatic carbocycles. The van der Waals surface area contributed by atoms with E-state index in [4.69, 9.17) is 11.6 Å². The molecule has 3 amide bonds. The molecule has 1 N–H and O–H groups in total. The summed E-state index contributed by atoms with van der Waals surface area (Å²) in [5.41, 5.74) is 4.77. The van der Waals surface area contributed by atoms with E-state index < -0.39 is 0 Å². The van der Waals surface area contributed by atoms with Gasteiger partial charge in [-0.3, -0.25) is 19.3 Å². The molecule has 0 radical (unpaired) electrons. The van der Waals surface area contributed by atoms with Gasteiger partial charge in [0.1, 0.15) is 0 Å². The summed E-state index contributed by atoms with van der Waals surface area (Å²) >= 11 is 6.50. The van der Waals surface area contributed by atoms with Gasteiger partial charge in [0.15, 0.2) is 0 Å². The van der Waals surface area contributed by atoms with Crippen LogP contribution in [0.2, 0.25) is 5.02 Å². The average Bonchev–Trinajstić information content (AvgIpc) is 3.12. The zero-order valence-electron chi connectivity index (χ0n) is 24.6. The van der Waals surface area contributed by atoms with Crippen molar-refractivity contribution in [1.82, 2.24) is 9.80 Å². The van der Waals surface area contributed by atoms with E-state index in [9.17, 15) is 14.4 Å². The quantitative estimate of drug-likeness (QED) is 0.364. The van der Waals surface area contributed by atoms with Crippen molar-refractivity contribution in [2.75, 3.05) is 42.9 Å². The van der Waals surface area contributed by atoms with E-state index >= 15 is 0 Å². The van der Waals surface area contributed by atoms with Crippen LogP contribution in [0.15, 0.2) is 66.7 Å². The highest BCUT2D eigenvalue weighted by Gasteiger charge is 2.32. The maximum Gasteiger partial charge on any atom is 0.258 e. The van der Waals surface area contributed by atoms with Crippen LogP contribution in [0.4, 0.5) is 11.4 Å². The van der Waals surface area contributed by atoms with Crippen LogP contribution in [0.25, 0.3) is 0 Å². The van der Waals surface area contributed by atoms with Gasteiger partial charge in [0.25, 0.3) is 11.8 Å². The minimum Gasteiger partial charge on any atom is -0.340 e. The molecule has 7 nitrogen and oxygen atoms in total. The van der Waals surface area contributed by atoms with Crippen molar-refractivity contribution in [1.29, 1.82) is 0 Å². The monoisotopic (exact) mass is 586 g/mol.